The average molecular weight is 313 g/mol. The summed E-state index contributed by atoms with van der Waals surface area (Å²) in [5.74, 6) is -0.0405. The number of sulfone groups is 1. The molecule has 0 saturated heterocycles. The van der Waals surface area contributed by atoms with E-state index in [2.05, 4.69) is 15.5 Å². The third-order valence-electron chi connectivity index (χ3n) is 3.06. The van der Waals surface area contributed by atoms with Crippen LogP contribution in [0.15, 0.2) is 12.1 Å². The molecule has 0 unspecified atom stereocenters. The van der Waals surface area contributed by atoms with E-state index in [9.17, 15) is 12.8 Å². The van der Waals surface area contributed by atoms with E-state index in [-0.39, 0.29) is 5.75 Å². The van der Waals surface area contributed by atoms with Crippen molar-refractivity contribution < 1.29 is 12.8 Å². The molecule has 0 fully saturated rings. The SMILES string of the molecule is Cc1c(N)cc(-c2nnnn2CCCS(C)(=O)=O)cc1F. The number of rotatable bonds is 5. The molecule has 2 aromatic rings. The molecule has 1 heterocycles. The smallest absolute Gasteiger partial charge is 0.182 e. The molecule has 0 aliphatic heterocycles. The number of benzene rings is 1. The van der Waals surface area contributed by atoms with Crippen LogP contribution in [-0.4, -0.2) is 40.6 Å². The average Bonchev–Trinajstić information content (AvgIpc) is 2.82. The lowest BCUT2D eigenvalue weighted by Gasteiger charge is -2.07. The Hall–Kier alpha value is -2.03. The summed E-state index contributed by atoms with van der Waals surface area (Å²) < 4.78 is 37.4. The molecule has 1 aromatic carbocycles. The Bertz CT molecular complexity index is 734. The predicted octanol–water partition coefficient (Wildman–Crippen LogP) is 0.805. The van der Waals surface area contributed by atoms with Crippen molar-refractivity contribution in [2.24, 2.45) is 0 Å². The van der Waals surface area contributed by atoms with Crippen molar-refractivity contribution in [1.29, 1.82) is 0 Å². The minimum Gasteiger partial charge on any atom is -0.398 e. The van der Waals surface area contributed by atoms with Gasteiger partial charge in [-0.25, -0.2) is 17.5 Å². The number of aryl methyl sites for hydroxylation is 1. The van der Waals surface area contributed by atoms with Crippen LogP contribution in [0.3, 0.4) is 0 Å². The number of hydrogen-bond donors (Lipinski definition) is 1. The van der Waals surface area contributed by atoms with Crippen molar-refractivity contribution >= 4 is 15.5 Å². The molecule has 0 saturated carbocycles. The summed E-state index contributed by atoms with van der Waals surface area (Å²) in [5.41, 5.74) is 6.88. The molecule has 1 aromatic heterocycles. The molecular weight excluding hydrogens is 297 g/mol. The van der Waals surface area contributed by atoms with Gasteiger partial charge >= 0.3 is 0 Å². The third-order valence-corrected chi connectivity index (χ3v) is 4.09. The van der Waals surface area contributed by atoms with Gasteiger partial charge in [-0.05, 0) is 35.9 Å². The Labute approximate surface area is 121 Å². The van der Waals surface area contributed by atoms with E-state index in [1.807, 2.05) is 0 Å². The van der Waals surface area contributed by atoms with Crippen LogP contribution in [0.4, 0.5) is 10.1 Å². The molecule has 0 atom stereocenters. The molecule has 2 rings (SSSR count). The van der Waals surface area contributed by atoms with Crippen molar-refractivity contribution in [2.75, 3.05) is 17.7 Å². The molecule has 0 bridgehead atoms. The number of anilines is 1. The highest BCUT2D eigenvalue weighted by molar-refractivity contribution is 7.90. The first-order valence-corrected chi connectivity index (χ1v) is 8.34. The lowest BCUT2D eigenvalue weighted by Crippen LogP contribution is -2.10. The fraction of sp³-hybridized carbons (Fsp3) is 0.417. The first-order chi connectivity index (χ1) is 9.78. The maximum absolute atomic E-state index is 13.7. The van der Waals surface area contributed by atoms with Gasteiger partial charge in [0, 0.05) is 29.6 Å². The van der Waals surface area contributed by atoms with Crippen LogP contribution in [0.25, 0.3) is 11.4 Å². The molecule has 114 valence electrons. The van der Waals surface area contributed by atoms with Gasteiger partial charge in [-0.1, -0.05) is 0 Å². The maximum Gasteiger partial charge on any atom is 0.182 e. The lowest BCUT2D eigenvalue weighted by molar-refractivity contribution is 0.567. The highest BCUT2D eigenvalue weighted by atomic mass is 32.2. The van der Waals surface area contributed by atoms with Gasteiger partial charge < -0.3 is 5.73 Å². The van der Waals surface area contributed by atoms with E-state index in [0.717, 1.165) is 0 Å². The number of nitrogens with two attached hydrogens (primary N) is 1. The minimum atomic E-state index is -3.04. The van der Waals surface area contributed by atoms with Gasteiger partial charge in [0.2, 0.25) is 0 Å². The molecule has 21 heavy (non-hydrogen) atoms. The summed E-state index contributed by atoms with van der Waals surface area (Å²) in [5, 5.41) is 11.2. The summed E-state index contributed by atoms with van der Waals surface area (Å²) >= 11 is 0. The second-order valence-corrected chi connectivity index (χ2v) is 7.14. The quantitative estimate of drug-likeness (QED) is 0.819. The van der Waals surface area contributed by atoms with Crippen molar-refractivity contribution in [1.82, 2.24) is 20.2 Å². The van der Waals surface area contributed by atoms with Gasteiger partial charge in [0.05, 0.1) is 5.75 Å². The van der Waals surface area contributed by atoms with Crippen molar-refractivity contribution in [3.05, 3.63) is 23.5 Å². The maximum atomic E-state index is 13.7. The predicted molar refractivity (Wildman–Crippen MR) is 76.7 cm³/mol. The van der Waals surface area contributed by atoms with E-state index < -0.39 is 15.7 Å². The van der Waals surface area contributed by atoms with Crippen LogP contribution in [0.2, 0.25) is 0 Å². The number of nitrogen functional groups attached to an aromatic ring is 1. The van der Waals surface area contributed by atoms with Gasteiger partial charge in [0.1, 0.15) is 15.7 Å². The molecular formula is C12H16FN5O2S. The molecule has 2 N–H and O–H groups in total. The lowest BCUT2D eigenvalue weighted by atomic mass is 10.1. The van der Waals surface area contributed by atoms with Crippen LogP contribution in [0.5, 0.6) is 0 Å². The van der Waals surface area contributed by atoms with Crippen LogP contribution >= 0.6 is 0 Å². The minimum absolute atomic E-state index is 0.0384. The Morgan fingerprint density at radius 3 is 2.71 bits per heavy atom. The zero-order chi connectivity index (χ0) is 15.6. The third kappa shape index (κ3) is 3.75. The van der Waals surface area contributed by atoms with E-state index in [1.165, 1.54) is 17.0 Å². The Morgan fingerprint density at radius 1 is 1.38 bits per heavy atom. The van der Waals surface area contributed by atoms with Crippen molar-refractivity contribution in [3.8, 4) is 11.4 Å². The zero-order valence-electron chi connectivity index (χ0n) is 11.7. The fourth-order valence-corrected chi connectivity index (χ4v) is 2.52. The van der Waals surface area contributed by atoms with E-state index in [0.29, 0.717) is 35.6 Å². The van der Waals surface area contributed by atoms with Gasteiger partial charge in [0.25, 0.3) is 0 Å². The van der Waals surface area contributed by atoms with Gasteiger partial charge in [0.15, 0.2) is 5.82 Å². The van der Waals surface area contributed by atoms with Gasteiger partial charge in [-0.3, -0.25) is 0 Å². The first-order valence-electron chi connectivity index (χ1n) is 6.28. The molecule has 0 aliphatic rings. The second kappa shape index (κ2) is 5.76. The fourth-order valence-electron chi connectivity index (χ4n) is 1.87. The number of halogens is 1. The number of nitrogens with zero attached hydrogens (tertiary/aromatic N) is 4. The summed E-state index contributed by atoms with van der Waals surface area (Å²) in [6, 6.07) is 2.90. The monoisotopic (exact) mass is 313 g/mol. The molecule has 0 amide bonds. The Kier molecular flexibility index (Phi) is 4.21. The molecule has 0 aliphatic carbocycles. The molecule has 7 nitrogen and oxygen atoms in total. The number of tetrazole rings is 1. The summed E-state index contributed by atoms with van der Waals surface area (Å²) in [6.45, 7) is 1.91. The highest BCUT2D eigenvalue weighted by Gasteiger charge is 2.13. The Balaban J connectivity index is 2.24. The van der Waals surface area contributed by atoms with Gasteiger partial charge in [-0.15, -0.1) is 5.10 Å². The molecule has 9 heteroatoms. The topological polar surface area (TPSA) is 104 Å². The zero-order valence-corrected chi connectivity index (χ0v) is 12.6. The van der Waals surface area contributed by atoms with E-state index in [1.54, 1.807) is 13.0 Å². The standard InChI is InChI=1S/C12H16FN5O2S/c1-8-10(13)6-9(7-11(8)14)12-15-16-17-18(12)4-3-5-21(2,19)20/h6-7H,3-5,14H2,1-2H3. The van der Waals surface area contributed by atoms with Crippen molar-refractivity contribution in [3.63, 3.8) is 0 Å². The van der Waals surface area contributed by atoms with Gasteiger partial charge in [-0.2, -0.15) is 0 Å². The van der Waals surface area contributed by atoms with Crippen LogP contribution < -0.4 is 5.73 Å². The summed E-state index contributed by atoms with van der Waals surface area (Å²) in [6.07, 6.45) is 1.55. The van der Waals surface area contributed by atoms with E-state index >= 15 is 0 Å². The second-order valence-electron chi connectivity index (χ2n) is 4.88. The van der Waals surface area contributed by atoms with Crippen LogP contribution in [0.1, 0.15) is 12.0 Å². The van der Waals surface area contributed by atoms with Crippen LogP contribution in [0, 0.1) is 12.7 Å². The highest BCUT2D eigenvalue weighted by Crippen LogP contribution is 2.24. The number of hydrogen-bond acceptors (Lipinski definition) is 6. The van der Waals surface area contributed by atoms with E-state index in [4.69, 9.17) is 5.73 Å². The summed E-state index contributed by atoms with van der Waals surface area (Å²) in [7, 11) is -3.04. The molecule has 0 spiro atoms. The number of aromatic nitrogens is 4. The molecule has 0 radical (unpaired) electrons. The normalized spacial score (nSPS) is 11.8. The van der Waals surface area contributed by atoms with Crippen molar-refractivity contribution in [2.45, 2.75) is 19.9 Å². The largest absolute Gasteiger partial charge is 0.398 e. The Morgan fingerprint density at radius 2 is 2.10 bits per heavy atom. The first kappa shape index (κ1) is 15.4. The van der Waals surface area contributed by atoms with Crippen LogP contribution in [-0.2, 0) is 16.4 Å². The summed E-state index contributed by atoms with van der Waals surface area (Å²) in [4.78, 5) is 0.